The standard InChI is InChI=1S/C24H20BrN/c25-23-10-4-8-19(26-23)15-18-7-3-6-17-12-13-21-20-9-2-1-5-16(20)11-14-22(21)24(17)18/h2-4,6-10,12-13H,1,5,11,14-15H2. The zero-order chi connectivity index (χ0) is 17.5. The molecule has 0 saturated heterocycles. The van der Waals surface area contributed by atoms with Gasteiger partial charge in [-0.1, -0.05) is 54.1 Å². The molecule has 2 aliphatic carbocycles. The van der Waals surface area contributed by atoms with Crippen LogP contribution < -0.4 is 0 Å². The second-order valence-electron chi connectivity index (χ2n) is 7.19. The van der Waals surface area contributed by atoms with Gasteiger partial charge in [0.25, 0.3) is 0 Å². The van der Waals surface area contributed by atoms with Crippen LogP contribution in [0.25, 0.3) is 16.3 Å². The molecule has 0 radical (unpaired) electrons. The minimum absolute atomic E-state index is 0.870. The monoisotopic (exact) mass is 401 g/mol. The second kappa shape index (κ2) is 6.51. The molecular weight excluding hydrogens is 382 g/mol. The molecule has 26 heavy (non-hydrogen) atoms. The Labute approximate surface area is 162 Å². The van der Waals surface area contributed by atoms with E-state index in [1.807, 2.05) is 6.07 Å². The molecule has 2 heteroatoms. The molecular formula is C24H20BrN. The van der Waals surface area contributed by atoms with E-state index in [2.05, 4.69) is 75.5 Å². The van der Waals surface area contributed by atoms with E-state index in [0.717, 1.165) is 23.1 Å². The summed E-state index contributed by atoms with van der Waals surface area (Å²) < 4.78 is 0.902. The maximum atomic E-state index is 4.65. The van der Waals surface area contributed by atoms with Crippen molar-refractivity contribution in [1.82, 2.24) is 4.98 Å². The number of hydrogen-bond acceptors (Lipinski definition) is 1. The van der Waals surface area contributed by atoms with Gasteiger partial charge in [0.1, 0.15) is 4.60 Å². The third-order valence-corrected chi connectivity index (χ3v) is 6.07. The highest BCUT2D eigenvalue weighted by atomic mass is 79.9. The maximum absolute atomic E-state index is 4.65. The molecule has 5 rings (SSSR count). The number of aromatic nitrogens is 1. The van der Waals surface area contributed by atoms with Crippen molar-refractivity contribution in [2.24, 2.45) is 0 Å². The Kier molecular flexibility index (Phi) is 4.01. The van der Waals surface area contributed by atoms with E-state index in [1.165, 1.54) is 52.3 Å². The van der Waals surface area contributed by atoms with E-state index >= 15 is 0 Å². The molecule has 1 heterocycles. The molecule has 0 atom stereocenters. The Morgan fingerprint density at radius 3 is 2.77 bits per heavy atom. The van der Waals surface area contributed by atoms with Gasteiger partial charge < -0.3 is 0 Å². The molecule has 0 saturated carbocycles. The fourth-order valence-corrected chi connectivity index (χ4v) is 4.85. The van der Waals surface area contributed by atoms with Crippen molar-refractivity contribution < 1.29 is 0 Å². The first-order chi connectivity index (χ1) is 12.8. The summed E-state index contributed by atoms with van der Waals surface area (Å²) in [6, 6.07) is 17.5. The van der Waals surface area contributed by atoms with Crippen molar-refractivity contribution in [1.29, 1.82) is 0 Å². The molecule has 0 spiro atoms. The van der Waals surface area contributed by atoms with Crippen LogP contribution in [0.1, 0.15) is 41.6 Å². The Morgan fingerprint density at radius 2 is 1.85 bits per heavy atom. The van der Waals surface area contributed by atoms with E-state index in [-0.39, 0.29) is 0 Å². The second-order valence-corrected chi connectivity index (χ2v) is 8.01. The highest BCUT2D eigenvalue weighted by Crippen LogP contribution is 2.40. The van der Waals surface area contributed by atoms with Crippen LogP contribution in [0, 0.1) is 0 Å². The molecule has 128 valence electrons. The van der Waals surface area contributed by atoms with Gasteiger partial charge in [0, 0.05) is 12.1 Å². The molecule has 0 fully saturated rings. The van der Waals surface area contributed by atoms with Gasteiger partial charge in [-0.2, -0.15) is 0 Å². The highest BCUT2D eigenvalue weighted by Gasteiger charge is 2.21. The number of hydrogen-bond donors (Lipinski definition) is 0. The first-order valence-corrected chi connectivity index (χ1v) is 10.1. The van der Waals surface area contributed by atoms with E-state index in [1.54, 1.807) is 5.57 Å². The smallest absolute Gasteiger partial charge is 0.106 e. The van der Waals surface area contributed by atoms with Crippen LogP contribution >= 0.6 is 15.9 Å². The number of allylic oxidation sites excluding steroid dienone is 4. The summed E-state index contributed by atoms with van der Waals surface area (Å²) >= 11 is 3.50. The summed E-state index contributed by atoms with van der Waals surface area (Å²) in [5.74, 6) is 0. The lowest BCUT2D eigenvalue weighted by Crippen LogP contribution is -2.08. The van der Waals surface area contributed by atoms with Gasteiger partial charge in [0.05, 0.1) is 0 Å². The van der Waals surface area contributed by atoms with Crippen LogP contribution in [0.4, 0.5) is 0 Å². The van der Waals surface area contributed by atoms with Gasteiger partial charge >= 0.3 is 0 Å². The average molecular weight is 402 g/mol. The van der Waals surface area contributed by atoms with E-state index < -0.39 is 0 Å². The van der Waals surface area contributed by atoms with Crippen LogP contribution in [0.3, 0.4) is 0 Å². The third kappa shape index (κ3) is 2.73. The van der Waals surface area contributed by atoms with Crippen LogP contribution in [-0.2, 0) is 12.8 Å². The van der Waals surface area contributed by atoms with Crippen molar-refractivity contribution in [3.63, 3.8) is 0 Å². The van der Waals surface area contributed by atoms with Gasteiger partial charge in [0.15, 0.2) is 0 Å². The van der Waals surface area contributed by atoms with Crippen LogP contribution in [-0.4, -0.2) is 4.98 Å². The summed E-state index contributed by atoms with van der Waals surface area (Å²) in [4.78, 5) is 4.65. The van der Waals surface area contributed by atoms with Gasteiger partial charge in [-0.25, -0.2) is 4.98 Å². The molecule has 3 aromatic rings. The molecule has 0 amide bonds. The fourth-order valence-electron chi connectivity index (χ4n) is 4.47. The quantitative estimate of drug-likeness (QED) is 0.438. The highest BCUT2D eigenvalue weighted by molar-refractivity contribution is 9.10. The van der Waals surface area contributed by atoms with Crippen molar-refractivity contribution in [3.8, 4) is 0 Å². The molecule has 2 aliphatic rings. The number of benzene rings is 2. The van der Waals surface area contributed by atoms with E-state index in [4.69, 9.17) is 0 Å². The average Bonchev–Trinajstić information content (AvgIpc) is 2.67. The fraction of sp³-hybridized carbons (Fsp3) is 0.208. The summed E-state index contributed by atoms with van der Waals surface area (Å²) in [5, 5.41) is 2.79. The lowest BCUT2D eigenvalue weighted by atomic mass is 9.78. The first-order valence-electron chi connectivity index (χ1n) is 9.33. The molecule has 1 nitrogen and oxygen atoms in total. The largest absolute Gasteiger partial charge is 0.246 e. The van der Waals surface area contributed by atoms with Gasteiger partial charge in [-0.15, -0.1) is 0 Å². The summed E-state index contributed by atoms with van der Waals surface area (Å²) in [6.45, 7) is 0. The predicted octanol–water partition coefficient (Wildman–Crippen LogP) is 6.64. The maximum Gasteiger partial charge on any atom is 0.106 e. The van der Waals surface area contributed by atoms with E-state index in [0.29, 0.717) is 0 Å². The normalized spacial score (nSPS) is 15.9. The Bertz CT molecular complexity index is 1070. The zero-order valence-electron chi connectivity index (χ0n) is 14.6. The molecule has 0 bridgehead atoms. The minimum atomic E-state index is 0.870. The number of fused-ring (bicyclic) bond motifs is 4. The number of pyridine rings is 1. The van der Waals surface area contributed by atoms with Crippen molar-refractivity contribution in [2.75, 3.05) is 0 Å². The topological polar surface area (TPSA) is 12.9 Å². The predicted molar refractivity (Wildman–Crippen MR) is 112 cm³/mol. The third-order valence-electron chi connectivity index (χ3n) is 5.63. The lowest BCUT2D eigenvalue weighted by molar-refractivity contribution is 0.830. The molecule has 0 aliphatic heterocycles. The van der Waals surface area contributed by atoms with Crippen LogP contribution in [0.2, 0.25) is 0 Å². The van der Waals surface area contributed by atoms with Crippen molar-refractivity contribution >= 4 is 32.3 Å². The van der Waals surface area contributed by atoms with Gasteiger partial charge in [-0.3, -0.25) is 0 Å². The van der Waals surface area contributed by atoms with Gasteiger partial charge in [-0.05, 0) is 86.8 Å². The van der Waals surface area contributed by atoms with Crippen LogP contribution in [0.5, 0.6) is 0 Å². The Hall–Kier alpha value is -2.19. The minimum Gasteiger partial charge on any atom is -0.246 e. The van der Waals surface area contributed by atoms with Gasteiger partial charge in [0.2, 0.25) is 0 Å². The first kappa shape index (κ1) is 16.0. The Balaban J connectivity index is 1.69. The summed E-state index contributed by atoms with van der Waals surface area (Å²) in [7, 11) is 0. The Morgan fingerprint density at radius 1 is 0.923 bits per heavy atom. The zero-order valence-corrected chi connectivity index (χ0v) is 16.2. The summed E-state index contributed by atoms with van der Waals surface area (Å²) in [6.07, 6.45) is 10.3. The van der Waals surface area contributed by atoms with E-state index in [9.17, 15) is 0 Å². The lowest BCUT2D eigenvalue weighted by Gasteiger charge is -2.26. The molecule has 0 unspecified atom stereocenters. The van der Waals surface area contributed by atoms with Crippen molar-refractivity contribution in [2.45, 2.75) is 32.1 Å². The van der Waals surface area contributed by atoms with Crippen molar-refractivity contribution in [3.05, 3.63) is 93.2 Å². The molecule has 1 aromatic heterocycles. The number of rotatable bonds is 2. The summed E-state index contributed by atoms with van der Waals surface area (Å²) in [5.41, 5.74) is 8.59. The number of nitrogens with zero attached hydrogens (tertiary/aromatic N) is 1. The van der Waals surface area contributed by atoms with Crippen LogP contribution in [0.15, 0.2) is 70.9 Å². The molecule has 2 aromatic carbocycles. The SMILES string of the molecule is Brc1cccc(Cc2cccc3ccc4c(c23)CCC2=C4C=CCC2)n1. The number of aryl methyl sites for hydroxylation is 1. The number of halogens is 1. The molecule has 0 N–H and O–H groups in total.